The van der Waals surface area contributed by atoms with Crippen LogP contribution >= 0.6 is 23.4 Å². The van der Waals surface area contributed by atoms with Crippen LogP contribution in [0.2, 0.25) is 5.02 Å². The van der Waals surface area contributed by atoms with E-state index in [1.807, 2.05) is 41.9 Å². The summed E-state index contributed by atoms with van der Waals surface area (Å²) in [6.45, 7) is 4.22. The Labute approximate surface area is 145 Å². The van der Waals surface area contributed by atoms with E-state index in [2.05, 4.69) is 42.2 Å². The summed E-state index contributed by atoms with van der Waals surface area (Å²) in [5.74, 6) is 0.886. The predicted molar refractivity (Wildman–Crippen MR) is 96.9 cm³/mol. The van der Waals surface area contributed by atoms with Crippen molar-refractivity contribution in [3.8, 4) is 11.4 Å². The van der Waals surface area contributed by atoms with Gasteiger partial charge in [-0.2, -0.15) is 0 Å². The van der Waals surface area contributed by atoms with E-state index in [0.29, 0.717) is 0 Å². The van der Waals surface area contributed by atoms with Gasteiger partial charge in [-0.25, -0.2) is 0 Å². The van der Waals surface area contributed by atoms with E-state index in [9.17, 15) is 0 Å². The monoisotopic (exact) mass is 343 g/mol. The number of aromatic nitrogens is 3. The SMILES string of the molecule is Cc1ccccc1-c1nnc(S[C@H](C)c2ccccc2Cl)n1C. The summed E-state index contributed by atoms with van der Waals surface area (Å²) in [6.07, 6.45) is 0. The Morgan fingerprint density at radius 2 is 1.74 bits per heavy atom. The van der Waals surface area contributed by atoms with E-state index in [0.717, 1.165) is 27.1 Å². The van der Waals surface area contributed by atoms with Crippen LogP contribution in [-0.4, -0.2) is 14.8 Å². The maximum atomic E-state index is 6.29. The average molecular weight is 344 g/mol. The molecular weight excluding hydrogens is 326 g/mol. The molecule has 0 fully saturated rings. The van der Waals surface area contributed by atoms with Crippen molar-refractivity contribution in [3.05, 3.63) is 64.7 Å². The van der Waals surface area contributed by atoms with Crippen LogP contribution in [0, 0.1) is 6.92 Å². The zero-order valence-electron chi connectivity index (χ0n) is 13.3. The first kappa shape index (κ1) is 16.1. The molecule has 5 heteroatoms. The molecule has 0 saturated carbocycles. The number of benzene rings is 2. The lowest BCUT2D eigenvalue weighted by Gasteiger charge is -2.13. The largest absolute Gasteiger partial charge is 0.305 e. The van der Waals surface area contributed by atoms with E-state index in [-0.39, 0.29) is 5.25 Å². The van der Waals surface area contributed by atoms with Crippen molar-refractivity contribution in [3.63, 3.8) is 0 Å². The summed E-state index contributed by atoms with van der Waals surface area (Å²) >= 11 is 7.95. The average Bonchev–Trinajstić information content (AvgIpc) is 2.89. The lowest BCUT2D eigenvalue weighted by molar-refractivity contribution is 0.790. The van der Waals surface area contributed by atoms with E-state index in [1.165, 1.54) is 5.56 Å². The van der Waals surface area contributed by atoms with Crippen LogP contribution in [0.15, 0.2) is 53.7 Å². The second-order valence-electron chi connectivity index (χ2n) is 5.46. The molecular formula is C18H18ClN3S. The molecule has 0 saturated heterocycles. The highest BCUT2D eigenvalue weighted by molar-refractivity contribution is 7.99. The van der Waals surface area contributed by atoms with Gasteiger partial charge >= 0.3 is 0 Å². The van der Waals surface area contributed by atoms with Crippen molar-refractivity contribution in [2.24, 2.45) is 7.05 Å². The molecule has 3 rings (SSSR count). The Kier molecular flexibility index (Phi) is 4.74. The quantitative estimate of drug-likeness (QED) is 0.602. The van der Waals surface area contributed by atoms with Crippen LogP contribution in [0.1, 0.15) is 23.3 Å². The van der Waals surface area contributed by atoms with Crippen molar-refractivity contribution in [1.29, 1.82) is 0 Å². The Bertz CT molecular complexity index is 829. The van der Waals surface area contributed by atoms with Gasteiger partial charge in [-0.15, -0.1) is 10.2 Å². The molecule has 118 valence electrons. The minimum Gasteiger partial charge on any atom is -0.305 e. The molecule has 0 amide bonds. The lowest BCUT2D eigenvalue weighted by Crippen LogP contribution is -1.98. The standard InChI is InChI=1S/C18H18ClN3S/c1-12-8-4-5-9-14(12)17-20-21-18(22(17)3)23-13(2)15-10-6-7-11-16(15)19/h4-11,13H,1-3H3/t13-/m1/s1. The van der Waals surface area contributed by atoms with Crippen LogP contribution < -0.4 is 0 Å². The maximum Gasteiger partial charge on any atom is 0.191 e. The van der Waals surface area contributed by atoms with Gasteiger partial charge in [0.2, 0.25) is 0 Å². The Morgan fingerprint density at radius 3 is 2.48 bits per heavy atom. The maximum absolute atomic E-state index is 6.29. The van der Waals surface area contributed by atoms with Gasteiger partial charge in [0.1, 0.15) is 0 Å². The van der Waals surface area contributed by atoms with Gasteiger partial charge in [-0.3, -0.25) is 0 Å². The number of hydrogen-bond donors (Lipinski definition) is 0. The molecule has 0 aliphatic heterocycles. The van der Waals surface area contributed by atoms with Crippen molar-refractivity contribution in [2.45, 2.75) is 24.3 Å². The predicted octanol–water partition coefficient (Wildman–Crippen LogP) is 5.30. The highest BCUT2D eigenvalue weighted by Gasteiger charge is 2.17. The number of aryl methyl sites for hydroxylation is 1. The second-order valence-corrected chi connectivity index (χ2v) is 7.18. The number of thioether (sulfide) groups is 1. The summed E-state index contributed by atoms with van der Waals surface area (Å²) in [6, 6.07) is 16.1. The van der Waals surface area contributed by atoms with Gasteiger partial charge in [0.15, 0.2) is 11.0 Å². The fraction of sp³-hybridized carbons (Fsp3) is 0.222. The first-order valence-electron chi connectivity index (χ1n) is 7.44. The molecule has 1 aromatic heterocycles. The summed E-state index contributed by atoms with van der Waals surface area (Å²) in [5.41, 5.74) is 3.41. The molecule has 3 aromatic rings. The third kappa shape index (κ3) is 3.28. The molecule has 0 unspecified atom stereocenters. The van der Waals surface area contributed by atoms with Crippen LogP contribution in [0.5, 0.6) is 0 Å². The van der Waals surface area contributed by atoms with Crippen molar-refractivity contribution < 1.29 is 0 Å². The molecule has 0 N–H and O–H groups in total. The zero-order valence-corrected chi connectivity index (χ0v) is 14.9. The van der Waals surface area contributed by atoms with Gasteiger partial charge in [0, 0.05) is 22.9 Å². The number of rotatable bonds is 4. The molecule has 0 radical (unpaired) electrons. The molecule has 3 nitrogen and oxygen atoms in total. The first-order valence-corrected chi connectivity index (χ1v) is 8.70. The molecule has 0 spiro atoms. The smallest absolute Gasteiger partial charge is 0.191 e. The van der Waals surface area contributed by atoms with Gasteiger partial charge in [-0.1, -0.05) is 65.8 Å². The van der Waals surface area contributed by atoms with Crippen LogP contribution in [-0.2, 0) is 7.05 Å². The van der Waals surface area contributed by atoms with Crippen LogP contribution in [0.25, 0.3) is 11.4 Å². The van der Waals surface area contributed by atoms with Gasteiger partial charge in [0.25, 0.3) is 0 Å². The summed E-state index contributed by atoms with van der Waals surface area (Å²) in [7, 11) is 2.00. The molecule has 23 heavy (non-hydrogen) atoms. The Hall–Kier alpha value is -1.78. The molecule has 2 aromatic carbocycles. The van der Waals surface area contributed by atoms with Crippen molar-refractivity contribution in [2.75, 3.05) is 0 Å². The van der Waals surface area contributed by atoms with Crippen LogP contribution in [0.3, 0.4) is 0 Å². The second kappa shape index (κ2) is 6.77. The van der Waals surface area contributed by atoms with Crippen molar-refractivity contribution in [1.82, 2.24) is 14.8 Å². The van der Waals surface area contributed by atoms with E-state index in [1.54, 1.807) is 11.8 Å². The molecule has 0 bridgehead atoms. The minimum absolute atomic E-state index is 0.205. The number of halogens is 1. The van der Waals surface area contributed by atoms with Crippen molar-refractivity contribution >= 4 is 23.4 Å². The summed E-state index contributed by atoms with van der Waals surface area (Å²) in [5, 5.41) is 10.6. The van der Waals surface area contributed by atoms with E-state index >= 15 is 0 Å². The Balaban J connectivity index is 1.89. The van der Waals surface area contributed by atoms with Gasteiger partial charge < -0.3 is 4.57 Å². The highest BCUT2D eigenvalue weighted by Crippen LogP contribution is 2.37. The Morgan fingerprint density at radius 1 is 1.04 bits per heavy atom. The molecule has 1 heterocycles. The molecule has 1 atom stereocenters. The van der Waals surface area contributed by atoms with Crippen LogP contribution in [0.4, 0.5) is 0 Å². The number of hydrogen-bond acceptors (Lipinski definition) is 3. The topological polar surface area (TPSA) is 30.7 Å². The minimum atomic E-state index is 0.205. The zero-order chi connectivity index (χ0) is 16.4. The van der Waals surface area contributed by atoms with E-state index in [4.69, 9.17) is 11.6 Å². The fourth-order valence-corrected chi connectivity index (χ4v) is 3.85. The fourth-order valence-electron chi connectivity index (χ4n) is 2.50. The normalized spacial score (nSPS) is 12.3. The third-order valence-electron chi connectivity index (χ3n) is 3.85. The lowest BCUT2D eigenvalue weighted by atomic mass is 10.1. The summed E-state index contributed by atoms with van der Waals surface area (Å²) in [4.78, 5) is 0. The summed E-state index contributed by atoms with van der Waals surface area (Å²) < 4.78 is 2.04. The first-order chi connectivity index (χ1) is 11.1. The molecule has 0 aliphatic carbocycles. The van der Waals surface area contributed by atoms with Gasteiger partial charge in [-0.05, 0) is 31.0 Å². The molecule has 0 aliphatic rings. The third-order valence-corrected chi connectivity index (χ3v) is 5.36. The highest BCUT2D eigenvalue weighted by atomic mass is 35.5. The number of nitrogens with zero attached hydrogens (tertiary/aromatic N) is 3. The van der Waals surface area contributed by atoms with Gasteiger partial charge in [0.05, 0.1) is 0 Å². The van der Waals surface area contributed by atoms with E-state index < -0.39 is 0 Å².